The third kappa shape index (κ3) is 1.87. The molecule has 9 heteroatoms. The highest BCUT2D eigenvalue weighted by molar-refractivity contribution is 5.90. The van der Waals surface area contributed by atoms with E-state index < -0.39 is 6.30 Å². The lowest BCUT2D eigenvalue weighted by molar-refractivity contribution is -0.212. The zero-order chi connectivity index (χ0) is 14.5. The van der Waals surface area contributed by atoms with Gasteiger partial charge >= 0.3 is 6.30 Å². The number of anilines is 1. The molecular weight excluding hydrogens is 273 g/mol. The Kier molecular flexibility index (Phi) is 2.46. The van der Waals surface area contributed by atoms with Crippen molar-refractivity contribution in [3.63, 3.8) is 0 Å². The normalized spacial score (nSPS) is 12.2. The van der Waals surface area contributed by atoms with Crippen molar-refractivity contribution in [2.24, 2.45) is 7.05 Å². The first kappa shape index (κ1) is 12.5. The van der Waals surface area contributed by atoms with Gasteiger partial charge in [0.1, 0.15) is 17.0 Å². The smallest absolute Gasteiger partial charge is 0.384 e. The van der Waals surface area contributed by atoms with Crippen LogP contribution in [0.5, 0.6) is 0 Å². The molecule has 0 aliphatic rings. The molecule has 0 atom stereocenters. The van der Waals surface area contributed by atoms with E-state index in [0.29, 0.717) is 16.7 Å². The Bertz CT molecular complexity index is 785. The zero-order valence-electron chi connectivity index (χ0n) is 10.3. The van der Waals surface area contributed by atoms with Gasteiger partial charge in [0.05, 0.1) is 11.7 Å². The lowest BCUT2D eigenvalue weighted by Gasteiger charge is -2.03. The van der Waals surface area contributed by atoms with E-state index in [1.165, 1.54) is 4.68 Å². The molecule has 0 saturated heterocycles. The first-order valence-corrected chi connectivity index (χ1v) is 5.58. The van der Waals surface area contributed by atoms with E-state index in [0.717, 1.165) is 12.4 Å². The summed E-state index contributed by atoms with van der Waals surface area (Å²) in [5.41, 5.74) is 7.26. The zero-order valence-corrected chi connectivity index (χ0v) is 10.3. The second-order valence-corrected chi connectivity index (χ2v) is 4.22. The Labute approximate surface area is 110 Å². The Morgan fingerprint density at radius 2 is 2.00 bits per heavy atom. The summed E-state index contributed by atoms with van der Waals surface area (Å²) in [6.45, 7) is 0. The van der Waals surface area contributed by atoms with Gasteiger partial charge in [-0.05, 0) is 12.1 Å². The van der Waals surface area contributed by atoms with Crippen molar-refractivity contribution in [2.75, 3.05) is 5.73 Å². The molecule has 2 N–H and O–H groups in total. The van der Waals surface area contributed by atoms with Crippen molar-refractivity contribution in [1.29, 1.82) is 0 Å². The van der Waals surface area contributed by atoms with Crippen LogP contribution in [-0.4, -0.2) is 24.5 Å². The van der Waals surface area contributed by atoms with Crippen molar-refractivity contribution in [1.82, 2.24) is 24.5 Å². The van der Waals surface area contributed by atoms with Crippen molar-refractivity contribution in [3.8, 4) is 11.3 Å². The number of hydrogen-bond acceptors (Lipinski definition) is 4. The maximum atomic E-state index is 12.5. The lowest BCUT2D eigenvalue weighted by atomic mass is 10.2. The molecule has 3 aromatic heterocycles. The number of nitrogen functional groups attached to an aromatic ring is 1. The fraction of sp³-hybridized carbons (Fsp3) is 0.182. The number of fused-ring (bicyclic) bond motifs is 1. The van der Waals surface area contributed by atoms with E-state index in [1.807, 2.05) is 0 Å². The molecular formula is C11H9F3N6. The minimum absolute atomic E-state index is 0.0743. The third-order valence-electron chi connectivity index (χ3n) is 2.83. The second-order valence-electron chi connectivity index (χ2n) is 4.22. The van der Waals surface area contributed by atoms with Gasteiger partial charge in [0.2, 0.25) is 0 Å². The quantitative estimate of drug-likeness (QED) is 0.739. The van der Waals surface area contributed by atoms with Gasteiger partial charge in [-0.1, -0.05) is 0 Å². The number of nitrogens with zero attached hydrogens (tertiary/aromatic N) is 5. The maximum absolute atomic E-state index is 12.5. The Hall–Kier alpha value is -2.58. The Morgan fingerprint density at radius 3 is 2.65 bits per heavy atom. The fourth-order valence-electron chi connectivity index (χ4n) is 1.93. The lowest BCUT2D eigenvalue weighted by Crippen LogP contribution is -2.16. The number of hydrogen-bond donors (Lipinski definition) is 1. The van der Waals surface area contributed by atoms with E-state index in [4.69, 9.17) is 5.73 Å². The number of rotatable bonds is 1. The molecule has 0 spiro atoms. The van der Waals surface area contributed by atoms with Crippen LogP contribution < -0.4 is 5.73 Å². The molecule has 0 aliphatic heterocycles. The number of pyridine rings is 1. The van der Waals surface area contributed by atoms with Crippen LogP contribution in [0.2, 0.25) is 0 Å². The van der Waals surface area contributed by atoms with E-state index in [-0.39, 0.29) is 16.1 Å². The van der Waals surface area contributed by atoms with Crippen LogP contribution in [-0.2, 0) is 13.3 Å². The Balaban J connectivity index is 2.19. The standard InChI is InChI=1S/C11H9F3N6/c1-19-7-2-3-8(15)17-10(7)9(18-19)6-4-16-20(5-6)11(12,13)14/h2-5H,1H3,(H2,15,17). The van der Waals surface area contributed by atoms with Crippen molar-refractivity contribution < 1.29 is 13.2 Å². The summed E-state index contributed by atoms with van der Waals surface area (Å²) in [5, 5.41) is 7.46. The highest BCUT2D eigenvalue weighted by Crippen LogP contribution is 2.29. The first-order valence-electron chi connectivity index (χ1n) is 5.58. The molecule has 3 heterocycles. The number of aromatic nitrogens is 5. The number of aryl methyl sites for hydroxylation is 1. The highest BCUT2D eigenvalue weighted by atomic mass is 19.4. The molecule has 0 amide bonds. The van der Waals surface area contributed by atoms with Gasteiger partial charge in [0, 0.05) is 18.8 Å². The van der Waals surface area contributed by atoms with Crippen molar-refractivity contribution in [3.05, 3.63) is 24.5 Å². The van der Waals surface area contributed by atoms with Gasteiger partial charge in [0.25, 0.3) is 0 Å². The van der Waals surface area contributed by atoms with Crippen molar-refractivity contribution in [2.45, 2.75) is 6.30 Å². The average Bonchev–Trinajstić information content (AvgIpc) is 2.94. The third-order valence-corrected chi connectivity index (χ3v) is 2.83. The summed E-state index contributed by atoms with van der Waals surface area (Å²) >= 11 is 0. The molecule has 0 radical (unpaired) electrons. The SMILES string of the molecule is Cn1nc(-c2cnn(C(F)(F)F)c2)c2nc(N)ccc21. The molecule has 0 saturated carbocycles. The largest absolute Gasteiger partial charge is 0.504 e. The number of nitrogens with two attached hydrogens (primary N) is 1. The van der Waals surface area contributed by atoms with E-state index in [9.17, 15) is 13.2 Å². The van der Waals surface area contributed by atoms with Gasteiger partial charge in [-0.3, -0.25) is 4.68 Å². The summed E-state index contributed by atoms with van der Waals surface area (Å²) in [5.74, 6) is 0.273. The average molecular weight is 282 g/mol. The van der Waals surface area contributed by atoms with Crippen LogP contribution in [0.1, 0.15) is 0 Å². The van der Waals surface area contributed by atoms with Gasteiger partial charge < -0.3 is 5.73 Å². The van der Waals surface area contributed by atoms with Gasteiger partial charge in [-0.2, -0.15) is 14.9 Å². The predicted molar refractivity (Wildman–Crippen MR) is 65.4 cm³/mol. The molecule has 0 unspecified atom stereocenters. The molecule has 3 aromatic rings. The van der Waals surface area contributed by atoms with Gasteiger partial charge in [-0.25, -0.2) is 4.98 Å². The van der Waals surface area contributed by atoms with Crippen LogP contribution in [0.3, 0.4) is 0 Å². The Morgan fingerprint density at radius 1 is 1.25 bits per heavy atom. The van der Waals surface area contributed by atoms with Crippen LogP contribution in [0.25, 0.3) is 22.3 Å². The molecule has 0 aliphatic carbocycles. The predicted octanol–water partition coefficient (Wildman–Crippen LogP) is 1.89. The van der Waals surface area contributed by atoms with Crippen LogP contribution in [0.15, 0.2) is 24.5 Å². The summed E-state index contributed by atoms with van der Waals surface area (Å²) in [6.07, 6.45) is -2.60. The minimum atomic E-state index is -4.56. The highest BCUT2D eigenvalue weighted by Gasteiger charge is 2.32. The number of alkyl halides is 3. The monoisotopic (exact) mass is 282 g/mol. The molecule has 6 nitrogen and oxygen atoms in total. The first-order chi connectivity index (χ1) is 9.36. The molecule has 0 bridgehead atoms. The molecule has 3 rings (SSSR count). The van der Waals surface area contributed by atoms with Crippen LogP contribution >= 0.6 is 0 Å². The number of halogens is 3. The minimum Gasteiger partial charge on any atom is -0.384 e. The van der Waals surface area contributed by atoms with Crippen LogP contribution in [0.4, 0.5) is 19.0 Å². The summed E-state index contributed by atoms with van der Waals surface area (Å²) < 4.78 is 39.1. The second kappa shape index (κ2) is 3.95. The van der Waals surface area contributed by atoms with E-state index >= 15 is 0 Å². The molecule has 104 valence electrons. The summed E-state index contributed by atoms with van der Waals surface area (Å²) in [6, 6.07) is 3.31. The summed E-state index contributed by atoms with van der Waals surface area (Å²) in [7, 11) is 1.68. The molecule has 0 fully saturated rings. The fourth-order valence-corrected chi connectivity index (χ4v) is 1.93. The van der Waals surface area contributed by atoms with Gasteiger partial charge in [-0.15, -0.1) is 13.2 Å². The molecule has 20 heavy (non-hydrogen) atoms. The van der Waals surface area contributed by atoms with Crippen LogP contribution in [0, 0.1) is 0 Å². The topological polar surface area (TPSA) is 74.5 Å². The maximum Gasteiger partial charge on any atom is 0.504 e. The van der Waals surface area contributed by atoms with Crippen molar-refractivity contribution >= 4 is 16.9 Å². The molecule has 0 aromatic carbocycles. The van der Waals surface area contributed by atoms with E-state index in [2.05, 4.69) is 15.2 Å². The van der Waals surface area contributed by atoms with Gasteiger partial charge in [0.15, 0.2) is 0 Å². The summed E-state index contributed by atoms with van der Waals surface area (Å²) in [4.78, 5) is 4.12. The van der Waals surface area contributed by atoms with E-state index in [1.54, 1.807) is 19.2 Å².